The van der Waals surface area contributed by atoms with E-state index in [1.54, 1.807) is 50.8 Å². The normalized spacial score (nSPS) is 17.5. The quantitative estimate of drug-likeness (QED) is 0.160. The molecule has 5 aromatic rings. The van der Waals surface area contributed by atoms with Gasteiger partial charge in [-0.05, 0) is 70.1 Å². The third-order valence-electron chi connectivity index (χ3n) is 11.5. The molecule has 0 radical (unpaired) electrons. The number of pyridine rings is 1. The molecule has 0 saturated carbocycles. The summed E-state index contributed by atoms with van der Waals surface area (Å²) in [7, 11) is 3.23. The van der Waals surface area contributed by atoms with Crippen molar-refractivity contribution in [3.05, 3.63) is 82.4 Å². The maximum absolute atomic E-state index is 13.5. The van der Waals surface area contributed by atoms with Crippen molar-refractivity contribution in [3.8, 4) is 5.75 Å². The lowest BCUT2D eigenvalue weighted by Gasteiger charge is -2.35. The van der Waals surface area contributed by atoms with Gasteiger partial charge in [-0.3, -0.25) is 47.8 Å². The lowest BCUT2D eigenvalue weighted by atomic mass is 9.92. The van der Waals surface area contributed by atoms with Gasteiger partial charge in [-0.1, -0.05) is 0 Å². The third kappa shape index (κ3) is 8.95. The van der Waals surface area contributed by atoms with Crippen LogP contribution in [0.3, 0.4) is 0 Å². The lowest BCUT2D eigenvalue weighted by molar-refractivity contribution is -0.136. The van der Waals surface area contributed by atoms with Gasteiger partial charge in [-0.25, -0.2) is 9.78 Å². The number of nitrogens with zero attached hydrogens (tertiary/aromatic N) is 9. The number of rotatable bonds is 9. The van der Waals surface area contributed by atoms with E-state index in [0.29, 0.717) is 66.5 Å². The van der Waals surface area contributed by atoms with E-state index >= 15 is 0 Å². The number of imidazole rings is 1. The molecule has 1 atom stereocenters. The molecule has 8 rings (SSSR count). The average molecular weight is 846 g/mol. The maximum Gasteiger partial charge on any atom is 0.330 e. The van der Waals surface area contributed by atoms with E-state index in [1.807, 2.05) is 29.6 Å². The Hall–Kier alpha value is -6.66. The molecule has 7 heterocycles. The molecule has 3 aliphatic rings. The standard InChI is InChI=1S/C40H47N11O7.C2H4.FH.2H2/c1-23(2)58-32-20-29-25(19-27(32)36(54)42-28-6-5-13-46(3)38(28)56)22-50(45-29)26-11-16-48(17-12-26)34(53)18-24-9-14-49(15-10-24)39-41-21-31-35(44-39)47(4)40(57)51(31)30-7-8-33(52)43-37(30)55;1-2;;;/h5-6,13,19-24,26,30H,7-12,14-18H2,1-4H3,(H,42,54)(H,43,52,55);1-2H2;3*1H. The van der Waals surface area contributed by atoms with Crippen LogP contribution in [0.15, 0.2) is 65.6 Å². The first kappa shape index (κ1) is 43.9. The van der Waals surface area contributed by atoms with Crippen LogP contribution in [0.2, 0.25) is 0 Å². The number of piperidine rings is 3. The molecule has 3 fully saturated rings. The van der Waals surface area contributed by atoms with Gasteiger partial charge in [0.05, 0.1) is 29.4 Å². The minimum atomic E-state index is -0.804. The lowest BCUT2D eigenvalue weighted by Crippen LogP contribution is -2.44. The van der Waals surface area contributed by atoms with E-state index in [-0.39, 0.29) is 61.5 Å². The number of imide groups is 1. The van der Waals surface area contributed by atoms with Gasteiger partial charge >= 0.3 is 5.69 Å². The van der Waals surface area contributed by atoms with E-state index in [2.05, 4.69) is 33.7 Å². The number of fused-ring (bicyclic) bond motifs is 2. The SMILES string of the molecule is C=C.CC(C)Oc1cc2nn(C3CCN(C(=O)CC4CCN(c5ncc6c(n5)n(C)c(=O)n6C5CCC(=O)NC5=O)CC4)CC3)cc2cc1C(=O)Nc1cccn(C)c1=O.F.[HH].[HH]. The number of hydrogen-bond acceptors (Lipinski definition) is 11. The summed E-state index contributed by atoms with van der Waals surface area (Å²) < 4.78 is 12.1. The highest BCUT2D eigenvalue weighted by Crippen LogP contribution is 2.32. The molecular formula is C42H56FN11O7. The molecular weight excluding hydrogens is 790 g/mol. The van der Waals surface area contributed by atoms with Gasteiger partial charge in [0.2, 0.25) is 23.7 Å². The fraction of sp³-hybridized carbons (Fsp3) is 0.452. The van der Waals surface area contributed by atoms with Crippen LogP contribution in [-0.4, -0.2) is 94.3 Å². The molecule has 1 aromatic carbocycles. The predicted molar refractivity (Wildman–Crippen MR) is 232 cm³/mol. The van der Waals surface area contributed by atoms with Crippen molar-refractivity contribution in [2.24, 2.45) is 20.0 Å². The van der Waals surface area contributed by atoms with Crippen molar-refractivity contribution in [3.63, 3.8) is 0 Å². The second-order valence-electron chi connectivity index (χ2n) is 15.8. The highest BCUT2D eigenvalue weighted by molar-refractivity contribution is 6.08. The van der Waals surface area contributed by atoms with Gasteiger partial charge in [0.1, 0.15) is 23.0 Å². The summed E-state index contributed by atoms with van der Waals surface area (Å²) in [5, 5.41) is 10.7. The second kappa shape index (κ2) is 18.3. The van der Waals surface area contributed by atoms with Crippen LogP contribution in [0.5, 0.6) is 5.75 Å². The zero-order chi connectivity index (χ0) is 42.8. The number of amides is 4. The number of carbonyl (C=O) groups is 4. The number of anilines is 2. The summed E-state index contributed by atoms with van der Waals surface area (Å²) in [6.07, 6.45) is 8.85. The molecule has 1 unspecified atom stereocenters. The number of halogens is 1. The molecule has 328 valence electrons. The second-order valence-corrected chi connectivity index (χ2v) is 15.8. The van der Waals surface area contributed by atoms with Gasteiger partial charge in [-0.2, -0.15) is 10.1 Å². The van der Waals surface area contributed by atoms with Crippen molar-refractivity contribution >= 4 is 57.3 Å². The number of nitrogens with one attached hydrogen (secondary N) is 2. The molecule has 0 bridgehead atoms. The smallest absolute Gasteiger partial charge is 0.330 e. The number of aryl methyl sites for hydroxylation is 2. The molecule has 4 aromatic heterocycles. The van der Waals surface area contributed by atoms with Crippen LogP contribution in [-0.2, 0) is 28.5 Å². The van der Waals surface area contributed by atoms with E-state index in [1.165, 1.54) is 13.7 Å². The largest absolute Gasteiger partial charge is 0.490 e. The number of carbonyl (C=O) groups excluding carboxylic acids is 4. The first-order valence-electron chi connectivity index (χ1n) is 20.3. The van der Waals surface area contributed by atoms with Crippen LogP contribution in [0.1, 0.15) is 84.1 Å². The molecule has 61 heavy (non-hydrogen) atoms. The van der Waals surface area contributed by atoms with Crippen LogP contribution >= 0.6 is 0 Å². The highest BCUT2D eigenvalue weighted by atomic mass is 19.0. The number of ether oxygens (including phenoxy) is 1. The highest BCUT2D eigenvalue weighted by Gasteiger charge is 2.33. The zero-order valence-corrected chi connectivity index (χ0v) is 34.8. The van der Waals surface area contributed by atoms with Gasteiger partial charge in [0.15, 0.2) is 5.65 Å². The Labute approximate surface area is 353 Å². The summed E-state index contributed by atoms with van der Waals surface area (Å²) in [5.41, 5.74) is 1.31. The van der Waals surface area contributed by atoms with E-state index < -0.39 is 23.5 Å². The number of hydrogen-bond donors (Lipinski definition) is 2. The van der Waals surface area contributed by atoms with E-state index in [9.17, 15) is 28.8 Å². The zero-order valence-electron chi connectivity index (χ0n) is 34.8. The fourth-order valence-corrected chi connectivity index (χ4v) is 8.27. The van der Waals surface area contributed by atoms with Crippen LogP contribution in [0, 0.1) is 5.92 Å². The molecule has 19 heteroatoms. The Morgan fingerprint density at radius 2 is 1.74 bits per heavy atom. The van der Waals surface area contributed by atoms with Crippen molar-refractivity contribution in [2.45, 2.75) is 77.0 Å². The summed E-state index contributed by atoms with van der Waals surface area (Å²) in [5.74, 6) is -0.0741. The van der Waals surface area contributed by atoms with Crippen molar-refractivity contribution in [1.82, 2.24) is 43.7 Å². The minimum Gasteiger partial charge on any atom is -0.490 e. The van der Waals surface area contributed by atoms with Crippen molar-refractivity contribution in [2.75, 3.05) is 36.4 Å². The molecule has 0 aliphatic carbocycles. The first-order valence-corrected chi connectivity index (χ1v) is 20.3. The third-order valence-corrected chi connectivity index (χ3v) is 11.5. The Bertz CT molecular complexity index is 2590. The molecule has 2 N–H and O–H groups in total. The van der Waals surface area contributed by atoms with Gasteiger partial charge in [0.25, 0.3) is 11.5 Å². The van der Waals surface area contributed by atoms with Gasteiger partial charge in [-0.15, -0.1) is 13.2 Å². The monoisotopic (exact) mass is 845 g/mol. The Morgan fingerprint density at radius 3 is 2.43 bits per heavy atom. The number of benzene rings is 1. The van der Waals surface area contributed by atoms with Crippen LogP contribution in [0.4, 0.5) is 16.3 Å². The molecule has 3 saturated heterocycles. The number of aromatic nitrogens is 7. The predicted octanol–water partition coefficient (Wildman–Crippen LogP) is 4.11. The first-order chi connectivity index (χ1) is 28.8. The summed E-state index contributed by atoms with van der Waals surface area (Å²) in [6.45, 7) is 12.3. The molecule has 0 spiro atoms. The fourth-order valence-electron chi connectivity index (χ4n) is 8.27. The summed E-state index contributed by atoms with van der Waals surface area (Å²) in [4.78, 5) is 90.2. The van der Waals surface area contributed by atoms with Crippen LogP contribution in [0.25, 0.3) is 22.1 Å². The van der Waals surface area contributed by atoms with E-state index in [4.69, 9.17) is 14.8 Å². The summed E-state index contributed by atoms with van der Waals surface area (Å²) >= 11 is 0. The summed E-state index contributed by atoms with van der Waals surface area (Å²) in [6, 6.07) is 6.05. The molecule has 4 amide bonds. The minimum absolute atomic E-state index is 0. The Morgan fingerprint density at radius 1 is 1.02 bits per heavy atom. The van der Waals surface area contributed by atoms with Crippen LogP contribution < -0.4 is 31.5 Å². The maximum atomic E-state index is 13.5. The molecule has 3 aliphatic heterocycles. The Balaban J connectivity index is 0.00000172. The topological polar surface area (TPSA) is 201 Å². The van der Waals surface area contributed by atoms with Gasteiger partial charge in [0, 0.05) is 79.8 Å². The Kier molecular flexibility index (Phi) is 13.2. The molecule has 18 nitrogen and oxygen atoms in total. The van der Waals surface area contributed by atoms with Crippen molar-refractivity contribution in [1.29, 1.82) is 0 Å². The van der Waals surface area contributed by atoms with Gasteiger partial charge < -0.3 is 24.4 Å². The van der Waals surface area contributed by atoms with Crippen molar-refractivity contribution < 1.29 is 31.5 Å². The van der Waals surface area contributed by atoms with E-state index in [0.717, 1.165) is 31.1 Å². The number of likely N-dealkylation sites (tertiary alicyclic amines) is 1. The average Bonchev–Trinajstić information content (AvgIpc) is 3.77.